The number of halogens is 2. The smallest absolute Gasteiger partial charge is 0.264 e. The number of benzene rings is 3. The van der Waals surface area contributed by atoms with E-state index in [1.165, 1.54) is 17.0 Å². The zero-order valence-electron chi connectivity index (χ0n) is 21.7. The number of carbonyl (C=O) groups excluding carboxylic acids is 2. The van der Waals surface area contributed by atoms with Gasteiger partial charge in [0.15, 0.2) is 0 Å². The SMILES string of the molecule is CCNC(=O)C(C)N(Cc1ccc(Br)cc1)C(=O)CN(c1cccc(Cl)c1C)S(=O)(=O)c1ccc(C)cc1. The Morgan fingerprint density at radius 3 is 2.24 bits per heavy atom. The summed E-state index contributed by atoms with van der Waals surface area (Å²) in [7, 11) is -4.15. The fraction of sp³-hybridized carbons (Fsp3) is 0.286. The van der Waals surface area contributed by atoms with Gasteiger partial charge < -0.3 is 10.2 Å². The topological polar surface area (TPSA) is 86.8 Å². The molecule has 0 saturated heterocycles. The van der Waals surface area contributed by atoms with Gasteiger partial charge in [-0.3, -0.25) is 13.9 Å². The Bertz CT molecular complexity index is 1400. The molecule has 0 aliphatic carbocycles. The molecule has 1 unspecified atom stereocenters. The molecular weight excluding hydrogens is 590 g/mol. The Balaban J connectivity index is 2.07. The lowest BCUT2D eigenvalue weighted by Crippen LogP contribution is -2.51. The van der Waals surface area contributed by atoms with E-state index in [2.05, 4.69) is 21.2 Å². The predicted molar refractivity (Wildman–Crippen MR) is 155 cm³/mol. The van der Waals surface area contributed by atoms with Gasteiger partial charge in [-0.05, 0) is 75.2 Å². The van der Waals surface area contributed by atoms with Crippen LogP contribution in [-0.4, -0.2) is 44.3 Å². The van der Waals surface area contributed by atoms with Crippen LogP contribution in [-0.2, 0) is 26.2 Å². The maximum atomic E-state index is 13.9. The third kappa shape index (κ3) is 6.95. The molecule has 0 aliphatic heterocycles. The number of hydrogen-bond acceptors (Lipinski definition) is 4. The number of hydrogen-bond donors (Lipinski definition) is 1. The standard InChI is InChI=1S/C28H31BrClN3O4S/c1-5-31-28(35)21(4)32(17-22-11-13-23(29)14-12-22)27(34)18-33(26-8-6-7-25(30)20(26)3)38(36,37)24-15-9-19(2)10-16-24/h6-16,21H,5,17-18H2,1-4H3,(H,31,35). The molecule has 202 valence electrons. The number of anilines is 1. The first kappa shape index (κ1) is 29.7. The zero-order valence-corrected chi connectivity index (χ0v) is 24.9. The number of carbonyl (C=O) groups is 2. The van der Waals surface area contributed by atoms with Crippen LogP contribution >= 0.6 is 27.5 Å². The highest BCUT2D eigenvalue weighted by Crippen LogP contribution is 2.31. The molecule has 3 rings (SSSR count). The second kappa shape index (κ2) is 12.8. The van der Waals surface area contributed by atoms with E-state index in [-0.39, 0.29) is 17.3 Å². The van der Waals surface area contributed by atoms with Gasteiger partial charge in [0.25, 0.3) is 10.0 Å². The first-order valence-electron chi connectivity index (χ1n) is 12.1. The lowest BCUT2D eigenvalue weighted by Gasteiger charge is -2.32. The Morgan fingerprint density at radius 2 is 1.63 bits per heavy atom. The summed E-state index contributed by atoms with van der Waals surface area (Å²) in [5.41, 5.74) is 2.51. The van der Waals surface area contributed by atoms with Crippen molar-refractivity contribution in [3.63, 3.8) is 0 Å². The average molecular weight is 621 g/mol. The van der Waals surface area contributed by atoms with E-state index in [0.29, 0.717) is 22.8 Å². The van der Waals surface area contributed by atoms with Gasteiger partial charge in [0.2, 0.25) is 11.8 Å². The first-order valence-corrected chi connectivity index (χ1v) is 14.7. The molecule has 0 spiro atoms. The highest BCUT2D eigenvalue weighted by atomic mass is 79.9. The molecule has 0 bridgehead atoms. The molecule has 0 saturated carbocycles. The number of nitrogens with zero attached hydrogens (tertiary/aromatic N) is 2. The molecule has 0 aliphatic rings. The van der Waals surface area contributed by atoms with E-state index >= 15 is 0 Å². The fourth-order valence-corrected chi connectivity index (χ4v) is 5.81. The van der Waals surface area contributed by atoms with Crippen LogP contribution in [0.15, 0.2) is 76.1 Å². The lowest BCUT2D eigenvalue weighted by atomic mass is 10.1. The van der Waals surface area contributed by atoms with Gasteiger partial charge in [-0.2, -0.15) is 0 Å². The third-order valence-electron chi connectivity index (χ3n) is 6.18. The highest BCUT2D eigenvalue weighted by Gasteiger charge is 2.33. The van der Waals surface area contributed by atoms with Crippen molar-refractivity contribution in [1.82, 2.24) is 10.2 Å². The molecule has 1 N–H and O–H groups in total. The number of nitrogens with one attached hydrogen (secondary N) is 1. The van der Waals surface area contributed by atoms with Gasteiger partial charge in [-0.1, -0.05) is 63.4 Å². The molecular formula is C28H31BrClN3O4S. The maximum Gasteiger partial charge on any atom is 0.264 e. The van der Waals surface area contributed by atoms with E-state index in [1.807, 2.05) is 31.2 Å². The van der Waals surface area contributed by atoms with Crippen LogP contribution in [0, 0.1) is 13.8 Å². The minimum atomic E-state index is -4.15. The number of sulfonamides is 1. The lowest BCUT2D eigenvalue weighted by molar-refractivity contribution is -0.139. The quantitative estimate of drug-likeness (QED) is 0.326. The molecule has 1 atom stereocenters. The summed E-state index contributed by atoms with van der Waals surface area (Å²) in [4.78, 5) is 28.1. The summed E-state index contributed by atoms with van der Waals surface area (Å²) in [6.45, 7) is 7.00. The molecule has 0 radical (unpaired) electrons. The Labute approximate surface area is 238 Å². The predicted octanol–water partition coefficient (Wildman–Crippen LogP) is 5.47. The molecule has 3 aromatic carbocycles. The van der Waals surface area contributed by atoms with Crippen molar-refractivity contribution in [2.45, 2.75) is 45.2 Å². The molecule has 38 heavy (non-hydrogen) atoms. The minimum Gasteiger partial charge on any atom is -0.355 e. The van der Waals surface area contributed by atoms with Crippen molar-refractivity contribution in [3.05, 3.63) is 92.9 Å². The number of likely N-dealkylation sites (N-methyl/N-ethyl adjacent to an activating group) is 1. The number of aryl methyl sites for hydroxylation is 1. The van der Waals surface area contributed by atoms with Crippen molar-refractivity contribution < 1.29 is 18.0 Å². The first-order chi connectivity index (χ1) is 17.9. The van der Waals surface area contributed by atoms with Gasteiger partial charge >= 0.3 is 0 Å². The van der Waals surface area contributed by atoms with Crippen LogP contribution in [0.2, 0.25) is 5.02 Å². The van der Waals surface area contributed by atoms with Crippen molar-refractivity contribution in [3.8, 4) is 0 Å². The second-order valence-corrected chi connectivity index (χ2v) is 12.1. The van der Waals surface area contributed by atoms with Crippen LogP contribution < -0.4 is 9.62 Å². The monoisotopic (exact) mass is 619 g/mol. The van der Waals surface area contributed by atoms with E-state index < -0.39 is 28.5 Å². The normalized spacial score (nSPS) is 12.1. The molecule has 0 aromatic heterocycles. The van der Waals surface area contributed by atoms with E-state index in [1.54, 1.807) is 51.1 Å². The van der Waals surface area contributed by atoms with Crippen LogP contribution in [0.4, 0.5) is 5.69 Å². The van der Waals surface area contributed by atoms with Gasteiger partial charge in [-0.25, -0.2) is 8.42 Å². The van der Waals surface area contributed by atoms with E-state index in [4.69, 9.17) is 11.6 Å². The largest absolute Gasteiger partial charge is 0.355 e. The van der Waals surface area contributed by atoms with Gasteiger partial charge in [-0.15, -0.1) is 0 Å². The van der Waals surface area contributed by atoms with Crippen molar-refractivity contribution in [2.75, 3.05) is 17.4 Å². The van der Waals surface area contributed by atoms with Crippen molar-refractivity contribution >= 4 is 55.1 Å². The Morgan fingerprint density at radius 1 is 1.00 bits per heavy atom. The Kier molecular flexibility index (Phi) is 9.98. The summed E-state index contributed by atoms with van der Waals surface area (Å²) in [6.07, 6.45) is 0. The summed E-state index contributed by atoms with van der Waals surface area (Å²) < 4.78 is 29.7. The molecule has 7 nitrogen and oxygen atoms in total. The minimum absolute atomic E-state index is 0.0477. The van der Waals surface area contributed by atoms with Crippen LogP contribution in [0.25, 0.3) is 0 Å². The molecule has 0 heterocycles. The average Bonchev–Trinajstić information content (AvgIpc) is 2.88. The number of amides is 2. The van der Waals surface area contributed by atoms with Crippen molar-refractivity contribution in [2.24, 2.45) is 0 Å². The second-order valence-electron chi connectivity index (χ2n) is 8.93. The maximum absolute atomic E-state index is 13.9. The molecule has 10 heteroatoms. The summed E-state index contributed by atoms with van der Waals surface area (Å²) >= 11 is 9.75. The van der Waals surface area contributed by atoms with Gasteiger partial charge in [0.05, 0.1) is 10.6 Å². The van der Waals surface area contributed by atoms with Gasteiger partial charge in [0, 0.05) is 22.6 Å². The zero-order chi connectivity index (χ0) is 28.0. The summed E-state index contributed by atoms with van der Waals surface area (Å²) in [6, 6.07) is 17.9. The van der Waals surface area contributed by atoms with Crippen LogP contribution in [0.5, 0.6) is 0 Å². The van der Waals surface area contributed by atoms with Crippen molar-refractivity contribution in [1.29, 1.82) is 0 Å². The highest BCUT2D eigenvalue weighted by molar-refractivity contribution is 9.10. The van der Waals surface area contributed by atoms with Gasteiger partial charge in [0.1, 0.15) is 12.6 Å². The van der Waals surface area contributed by atoms with Crippen LogP contribution in [0.1, 0.15) is 30.5 Å². The molecule has 0 fully saturated rings. The molecule has 3 aromatic rings. The van der Waals surface area contributed by atoms with Crippen LogP contribution in [0.3, 0.4) is 0 Å². The van der Waals surface area contributed by atoms with E-state index in [9.17, 15) is 18.0 Å². The summed E-state index contributed by atoms with van der Waals surface area (Å²) in [5, 5.41) is 3.13. The Hall–Kier alpha value is -2.88. The number of rotatable bonds is 10. The van der Waals surface area contributed by atoms with E-state index in [0.717, 1.165) is 19.9 Å². The third-order valence-corrected chi connectivity index (χ3v) is 8.89. The fourth-order valence-electron chi connectivity index (χ4n) is 3.91. The molecule has 2 amide bonds. The summed E-state index contributed by atoms with van der Waals surface area (Å²) in [5.74, 6) is -0.855.